The molecule has 0 amide bonds. The van der Waals surface area contributed by atoms with Crippen LogP contribution in [0.3, 0.4) is 0 Å². The molecule has 0 aliphatic rings. The molecule has 20 heavy (non-hydrogen) atoms. The molecule has 0 radical (unpaired) electrons. The van der Waals surface area contributed by atoms with E-state index in [1.807, 2.05) is 27.7 Å². The van der Waals surface area contributed by atoms with E-state index in [0.717, 1.165) is 28.3 Å². The minimum atomic E-state index is -1.25. The molecule has 0 saturated heterocycles. The first-order valence-electron chi connectivity index (χ1n) is 6.22. The molecular weight excluding hydrogens is 256 g/mol. The quantitative estimate of drug-likeness (QED) is 0.722. The Morgan fingerprint density at radius 3 is 1.80 bits per heavy atom. The maximum absolute atomic E-state index is 12.0. The van der Waals surface area contributed by atoms with Crippen molar-refractivity contribution in [3.63, 3.8) is 0 Å². The Kier molecular flexibility index (Phi) is 3.26. The Labute approximate surface area is 115 Å². The first-order chi connectivity index (χ1) is 9.25. The summed E-state index contributed by atoms with van der Waals surface area (Å²) >= 11 is 0. The minimum absolute atomic E-state index is 0.0169. The van der Waals surface area contributed by atoms with E-state index in [1.54, 1.807) is 6.07 Å². The van der Waals surface area contributed by atoms with Crippen LogP contribution in [0.2, 0.25) is 0 Å². The van der Waals surface area contributed by atoms with Crippen LogP contribution in [0.1, 0.15) is 22.3 Å². The van der Waals surface area contributed by atoms with Crippen LogP contribution < -0.4 is 21.7 Å². The molecule has 0 aliphatic heterocycles. The summed E-state index contributed by atoms with van der Waals surface area (Å²) in [5, 5.41) is 0. The van der Waals surface area contributed by atoms with Gasteiger partial charge in [-0.25, -0.2) is 0 Å². The van der Waals surface area contributed by atoms with E-state index in [2.05, 4.69) is 0 Å². The van der Waals surface area contributed by atoms with Gasteiger partial charge in [0, 0.05) is 11.6 Å². The molecule has 4 heteroatoms. The number of aryl methyl sites for hydroxylation is 1. The summed E-state index contributed by atoms with van der Waals surface area (Å²) in [6.07, 6.45) is 0. The molecule has 0 fully saturated rings. The van der Waals surface area contributed by atoms with Gasteiger partial charge in [-0.2, -0.15) is 0 Å². The zero-order valence-corrected chi connectivity index (χ0v) is 11.8. The van der Waals surface area contributed by atoms with Crippen LogP contribution >= 0.6 is 0 Å². The molecule has 0 bridgehead atoms. The largest absolute Gasteiger partial charge is 0.285 e. The van der Waals surface area contributed by atoms with Gasteiger partial charge in [-0.1, -0.05) is 6.07 Å². The number of benzene rings is 2. The minimum Gasteiger partial charge on any atom is -0.285 e. The fraction of sp³-hybridized carbons (Fsp3) is 0.250. The zero-order chi connectivity index (χ0) is 15.2. The second-order valence-corrected chi connectivity index (χ2v) is 5.03. The van der Waals surface area contributed by atoms with E-state index in [9.17, 15) is 19.2 Å². The highest BCUT2D eigenvalue weighted by molar-refractivity contribution is 5.70. The Bertz CT molecular complexity index is 913. The van der Waals surface area contributed by atoms with Gasteiger partial charge in [0.05, 0.1) is 0 Å². The van der Waals surface area contributed by atoms with Crippen molar-refractivity contribution in [2.24, 2.45) is 0 Å². The molecule has 0 atom stereocenters. The third kappa shape index (κ3) is 1.93. The first-order valence-corrected chi connectivity index (χ1v) is 6.22. The van der Waals surface area contributed by atoms with E-state index in [1.165, 1.54) is 0 Å². The molecule has 2 aromatic rings. The van der Waals surface area contributed by atoms with Crippen molar-refractivity contribution in [1.82, 2.24) is 0 Å². The van der Waals surface area contributed by atoms with Gasteiger partial charge in [0.2, 0.25) is 10.9 Å². The van der Waals surface area contributed by atoms with Gasteiger partial charge in [-0.3, -0.25) is 19.2 Å². The van der Waals surface area contributed by atoms with Gasteiger partial charge < -0.3 is 0 Å². The Morgan fingerprint density at radius 2 is 1.20 bits per heavy atom. The third-order valence-corrected chi connectivity index (χ3v) is 3.93. The summed E-state index contributed by atoms with van der Waals surface area (Å²) in [6.45, 7) is 7.62. The molecule has 102 valence electrons. The Balaban J connectivity index is 2.98. The fourth-order valence-electron chi connectivity index (χ4n) is 2.29. The SMILES string of the molecule is Cc1cc(-c2cc(=O)c(=O)c(=O)c2=O)c(C)c(C)c1C. The molecule has 0 heterocycles. The topological polar surface area (TPSA) is 68.3 Å². The van der Waals surface area contributed by atoms with Gasteiger partial charge in [0.15, 0.2) is 0 Å². The summed E-state index contributed by atoms with van der Waals surface area (Å²) in [5.41, 5.74) is 0.138. The molecule has 0 aromatic heterocycles. The lowest BCUT2D eigenvalue weighted by atomic mass is 9.91. The lowest BCUT2D eigenvalue weighted by molar-refractivity contribution is 1.21. The lowest BCUT2D eigenvalue weighted by Gasteiger charge is -2.13. The van der Waals surface area contributed by atoms with Gasteiger partial charge in [0.1, 0.15) is 0 Å². The van der Waals surface area contributed by atoms with E-state index >= 15 is 0 Å². The van der Waals surface area contributed by atoms with Crippen molar-refractivity contribution in [2.45, 2.75) is 27.7 Å². The molecule has 0 N–H and O–H groups in total. The van der Waals surface area contributed by atoms with Gasteiger partial charge in [-0.05, 0) is 55.5 Å². The zero-order valence-electron chi connectivity index (χ0n) is 11.8. The Hall–Kier alpha value is -2.36. The molecule has 2 rings (SSSR count). The van der Waals surface area contributed by atoms with Gasteiger partial charge >= 0.3 is 0 Å². The van der Waals surface area contributed by atoms with Crippen molar-refractivity contribution in [3.05, 3.63) is 75.3 Å². The van der Waals surface area contributed by atoms with E-state index in [4.69, 9.17) is 0 Å². The molecule has 4 nitrogen and oxygen atoms in total. The molecular formula is C16H14O4. The normalized spacial score (nSPS) is 10.8. The average Bonchev–Trinajstić information content (AvgIpc) is 2.42. The van der Waals surface area contributed by atoms with E-state index < -0.39 is 21.7 Å². The van der Waals surface area contributed by atoms with E-state index in [0.29, 0.717) is 5.56 Å². The first kappa shape index (κ1) is 14.1. The Morgan fingerprint density at radius 1 is 0.600 bits per heavy atom. The van der Waals surface area contributed by atoms with Crippen LogP contribution in [0.15, 0.2) is 31.3 Å². The van der Waals surface area contributed by atoms with Gasteiger partial charge in [-0.15, -0.1) is 0 Å². The molecule has 2 aromatic carbocycles. The van der Waals surface area contributed by atoms with Crippen LogP contribution in [0.5, 0.6) is 0 Å². The lowest BCUT2D eigenvalue weighted by Crippen LogP contribution is -2.46. The maximum atomic E-state index is 12.0. The number of hydrogen-bond donors (Lipinski definition) is 0. The molecule has 0 unspecified atom stereocenters. The average molecular weight is 270 g/mol. The van der Waals surface area contributed by atoms with Crippen molar-refractivity contribution in [1.29, 1.82) is 0 Å². The summed E-state index contributed by atoms with van der Waals surface area (Å²) in [7, 11) is 0. The second kappa shape index (κ2) is 4.63. The predicted molar refractivity (Wildman–Crippen MR) is 78.3 cm³/mol. The smallest absolute Gasteiger partial charge is 0.277 e. The van der Waals surface area contributed by atoms with Crippen LogP contribution in [0.25, 0.3) is 11.1 Å². The van der Waals surface area contributed by atoms with Crippen molar-refractivity contribution >= 4 is 0 Å². The summed E-state index contributed by atoms with van der Waals surface area (Å²) in [4.78, 5) is 46.2. The van der Waals surface area contributed by atoms with E-state index in [-0.39, 0.29) is 5.56 Å². The maximum Gasteiger partial charge on any atom is 0.277 e. The number of rotatable bonds is 1. The van der Waals surface area contributed by atoms with Crippen molar-refractivity contribution in [3.8, 4) is 11.1 Å². The summed E-state index contributed by atoms with van der Waals surface area (Å²) < 4.78 is 0. The van der Waals surface area contributed by atoms with Crippen molar-refractivity contribution < 1.29 is 0 Å². The second-order valence-electron chi connectivity index (χ2n) is 5.03. The summed E-state index contributed by atoms with van der Waals surface area (Å²) in [6, 6.07) is 2.75. The molecule has 0 aliphatic carbocycles. The number of hydrogen-bond acceptors (Lipinski definition) is 4. The van der Waals surface area contributed by atoms with Crippen molar-refractivity contribution in [2.75, 3.05) is 0 Å². The predicted octanol–water partition coefficient (Wildman–Crippen LogP) is 0.904. The highest BCUT2D eigenvalue weighted by Gasteiger charge is 2.16. The fourth-order valence-corrected chi connectivity index (χ4v) is 2.29. The van der Waals surface area contributed by atoms with Crippen LogP contribution in [0.4, 0.5) is 0 Å². The van der Waals surface area contributed by atoms with Crippen LogP contribution in [0, 0.1) is 27.7 Å². The third-order valence-electron chi connectivity index (χ3n) is 3.93. The highest BCUT2D eigenvalue weighted by Crippen LogP contribution is 2.27. The standard InChI is InChI=1S/C16H14O4/c1-7-5-11(10(4)9(3)8(7)2)12-6-13(17)15(19)16(20)14(12)18/h5-6H,1-4H3. The van der Waals surface area contributed by atoms with Gasteiger partial charge in [0.25, 0.3) is 10.9 Å². The molecule has 0 spiro atoms. The highest BCUT2D eigenvalue weighted by atomic mass is 16.2. The van der Waals surface area contributed by atoms with Crippen LogP contribution in [-0.4, -0.2) is 0 Å². The van der Waals surface area contributed by atoms with Crippen LogP contribution in [-0.2, 0) is 0 Å². The monoisotopic (exact) mass is 270 g/mol. The molecule has 0 saturated carbocycles. The summed E-state index contributed by atoms with van der Waals surface area (Å²) in [5.74, 6) is 0.